The molecule has 1 aliphatic rings. The predicted octanol–water partition coefficient (Wildman–Crippen LogP) is 1.87. The van der Waals surface area contributed by atoms with E-state index in [-0.39, 0.29) is 0 Å². The molecule has 0 aromatic heterocycles. The van der Waals surface area contributed by atoms with Crippen molar-refractivity contribution in [3.8, 4) is 0 Å². The molecule has 2 unspecified atom stereocenters. The Hall–Kier alpha value is -0.290. The Kier molecular flexibility index (Phi) is 4.40. The van der Waals surface area contributed by atoms with Crippen LogP contribution in [0, 0.1) is 5.92 Å². The van der Waals surface area contributed by atoms with Crippen LogP contribution in [0.3, 0.4) is 0 Å². The molecule has 1 heterocycles. The lowest BCUT2D eigenvalue weighted by molar-refractivity contribution is -0.150. The standard InChI is InChI=1S/C10H19F3N2/c1-3-8-6-15(7-10(11,12)13)5-4-9(8)14-2/h8-9,14H,3-7H2,1-2H3. The van der Waals surface area contributed by atoms with Crippen molar-refractivity contribution in [2.45, 2.75) is 32.0 Å². The monoisotopic (exact) mass is 224 g/mol. The van der Waals surface area contributed by atoms with Crippen molar-refractivity contribution in [2.24, 2.45) is 5.92 Å². The second-order valence-corrected chi connectivity index (χ2v) is 4.20. The van der Waals surface area contributed by atoms with Gasteiger partial charge in [0.25, 0.3) is 0 Å². The fraction of sp³-hybridized carbons (Fsp3) is 1.00. The molecule has 0 aliphatic carbocycles. The van der Waals surface area contributed by atoms with Crippen molar-refractivity contribution in [3.63, 3.8) is 0 Å². The van der Waals surface area contributed by atoms with Crippen molar-refractivity contribution < 1.29 is 13.2 Å². The molecule has 1 N–H and O–H groups in total. The minimum absolute atomic E-state index is 0.339. The van der Waals surface area contributed by atoms with Crippen LogP contribution >= 0.6 is 0 Å². The smallest absolute Gasteiger partial charge is 0.317 e. The van der Waals surface area contributed by atoms with E-state index >= 15 is 0 Å². The van der Waals surface area contributed by atoms with Crippen molar-refractivity contribution >= 4 is 0 Å². The molecular formula is C10H19F3N2. The van der Waals surface area contributed by atoms with Crippen LogP contribution in [0.1, 0.15) is 19.8 Å². The van der Waals surface area contributed by atoms with Crippen molar-refractivity contribution in [2.75, 3.05) is 26.7 Å². The largest absolute Gasteiger partial charge is 0.401 e. The summed E-state index contributed by atoms with van der Waals surface area (Å²) in [4.78, 5) is 1.52. The Morgan fingerprint density at radius 1 is 1.40 bits per heavy atom. The molecule has 2 atom stereocenters. The third-order valence-electron chi connectivity index (χ3n) is 3.12. The van der Waals surface area contributed by atoms with Gasteiger partial charge in [0.1, 0.15) is 0 Å². The first-order chi connectivity index (χ1) is 6.96. The first-order valence-corrected chi connectivity index (χ1v) is 5.42. The van der Waals surface area contributed by atoms with E-state index < -0.39 is 12.7 Å². The molecule has 1 rings (SSSR count). The lowest BCUT2D eigenvalue weighted by Gasteiger charge is -2.38. The second kappa shape index (κ2) is 5.16. The Bertz CT molecular complexity index is 194. The number of hydrogen-bond acceptors (Lipinski definition) is 2. The Balaban J connectivity index is 2.46. The third kappa shape index (κ3) is 3.99. The molecule has 15 heavy (non-hydrogen) atoms. The SMILES string of the molecule is CCC1CN(CC(F)(F)F)CCC1NC. The van der Waals surface area contributed by atoms with Crippen molar-refractivity contribution in [1.29, 1.82) is 0 Å². The minimum atomic E-state index is -4.06. The van der Waals surface area contributed by atoms with E-state index in [9.17, 15) is 13.2 Å². The van der Waals surface area contributed by atoms with Gasteiger partial charge in [-0.3, -0.25) is 4.90 Å². The summed E-state index contributed by atoms with van der Waals surface area (Å²) in [6.45, 7) is 2.37. The highest BCUT2D eigenvalue weighted by Crippen LogP contribution is 2.24. The molecule has 1 saturated heterocycles. The topological polar surface area (TPSA) is 15.3 Å². The van der Waals surface area contributed by atoms with E-state index in [0.717, 1.165) is 12.8 Å². The van der Waals surface area contributed by atoms with Crippen LogP contribution < -0.4 is 5.32 Å². The second-order valence-electron chi connectivity index (χ2n) is 4.20. The lowest BCUT2D eigenvalue weighted by atomic mass is 9.90. The molecular weight excluding hydrogens is 205 g/mol. The highest BCUT2D eigenvalue weighted by atomic mass is 19.4. The summed E-state index contributed by atoms with van der Waals surface area (Å²) in [6, 6.07) is 0.375. The van der Waals surface area contributed by atoms with E-state index in [2.05, 4.69) is 5.32 Å². The van der Waals surface area contributed by atoms with E-state index in [4.69, 9.17) is 0 Å². The van der Waals surface area contributed by atoms with Gasteiger partial charge in [0.05, 0.1) is 6.54 Å². The summed E-state index contributed by atoms with van der Waals surface area (Å²) in [7, 11) is 1.88. The molecule has 0 aromatic carbocycles. The molecule has 2 nitrogen and oxygen atoms in total. The molecule has 1 aliphatic heterocycles. The summed E-state index contributed by atoms with van der Waals surface area (Å²) >= 11 is 0. The van der Waals surface area contributed by atoms with Gasteiger partial charge in [-0.2, -0.15) is 13.2 Å². The zero-order valence-corrected chi connectivity index (χ0v) is 9.27. The number of halogens is 3. The summed E-state index contributed by atoms with van der Waals surface area (Å²) in [6.07, 6.45) is -2.32. The Morgan fingerprint density at radius 3 is 2.53 bits per heavy atom. The van der Waals surface area contributed by atoms with Crippen molar-refractivity contribution in [1.82, 2.24) is 10.2 Å². The molecule has 0 aromatic rings. The normalized spacial score (nSPS) is 29.4. The number of nitrogens with one attached hydrogen (secondary N) is 1. The van der Waals surface area contributed by atoms with Gasteiger partial charge in [-0.25, -0.2) is 0 Å². The van der Waals surface area contributed by atoms with E-state index in [1.165, 1.54) is 4.90 Å². The quantitative estimate of drug-likeness (QED) is 0.787. The molecule has 0 saturated carbocycles. The summed E-state index contributed by atoms with van der Waals surface area (Å²) in [5.74, 6) is 0.339. The Morgan fingerprint density at radius 2 is 2.07 bits per heavy atom. The van der Waals surface area contributed by atoms with Gasteiger partial charge < -0.3 is 5.32 Å². The molecule has 0 amide bonds. The van der Waals surface area contributed by atoms with Gasteiger partial charge in [-0.1, -0.05) is 13.3 Å². The number of likely N-dealkylation sites (tertiary alicyclic amines) is 1. The molecule has 0 spiro atoms. The van der Waals surface area contributed by atoms with Crippen LogP contribution in [-0.2, 0) is 0 Å². The summed E-state index contributed by atoms with van der Waals surface area (Å²) in [5.41, 5.74) is 0. The van der Waals surface area contributed by atoms with Crippen LogP contribution in [0.4, 0.5) is 13.2 Å². The average Bonchev–Trinajstić information content (AvgIpc) is 2.15. The van der Waals surface area contributed by atoms with Gasteiger partial charge in [0, 0.05) is 12.6 Å². The summed E-state index contributed by atoms with van der Waals surface area (Å²) in [5, 5.41) is 3.18. The van der Waals surface area contributed by atoms with Crippen LogP contribution in [0.5, 0.6) is 0 Å². The molecule has 0 radical (unpaired) electrons. The maximum absolute atomic E-state index is 12.2. The number of hydrogen-bond donors (Lipinski definition) is 1. The lowest BCUT2D eigenvalue weighted by Crippen LogP contribution is -2.50. The van der Waals surface area contributed by atoms with Crippen LogP contribution in [0.2, 0.25) is 0 Å². The number of alkyl halides is 3. The van der Waals surface area contributed by atoms with E-state index in [1.54, 1.807) is 0 Å². The van der Waals surface area contributed by atoms with Gasteiger partial charge in [-0.15, -0.1) is 0 Å². The zero-order valence-electron chi connectivity index (χ0n) is 9.27. The number of piperidine rings is 1. The molecule has 90 valence electrons. The highest BCUT2D eigenvalue weighted by molar-refractivity contribution is 4.84. The van der Waals surface area contributed by atoms with Gasteiger partial charge in [-0.05, 0) is 25.9 Å². The van der Waals surface area contributed by atoms with Gasteiger partial charge in [0.15, 0.2) is 0 Å². The maximum Gasteiger partial charge on any atom is 0.401 e. The van der Waals surface area contributed by atoms with E-state index in [0.29, 0.717) is 25.0 Å². The highest BCUT2D eigenvalue weighted by Gasteiger charge is 2.35. The molecule has 1 fully saturated rings. The van der Waals surface area contributed by atoms with Crippen LogP contribution in [0.15, 0.2) is 0 Å². The van der Waals surface area contributed by atoms with Crippen molar-refractivity contribution in [3.05, 3.63) is 0 Å². The number of rotatable bonds is 3. The molecule has 0 bridgehead atoms. The Labute approximate surface area is 88.8 Å². The van der Waals surface area contributed by atoms with Gasteiger partial charge in [0.2, 0.25) is 0 Å². The predicted molar refractivity (Wildman–Crippen MR) is 53.7 cm³/mol. The zero-order chi connectivity index (χ0) is 11.5. The maximum atomic E-state index is 12.2. The van der Waals surface area contributed by atoms with Gasteiger partial charge >= 0.3 is 6.18 Å². The van der Waals surface area contributed by atoms with Crippen LogP contribution in [0.25, 0.3) is 0 Å². The van der Waals surface area contributed by atoms with E-state index in [1.807, 2.05) is 14.0 Å². The first kappa shape index (κ1) is 12.8. The van der Waals surface area contributed by atoms with Crippen LogP contribution in [-0.4, -0.2) is 43.8 Å². The number of nitrogens with zero attached hydrogens (tertiary/aromatic N) is 1. The first-order valence-electron chi connectivity index (χ1n) is 5.42. The third-order valence-corrected chi connectivity index (χ3v) is 3.12. The fourth-order valence-electron chi connectivity index (χ4n) is 2.30. The minimum Gasteiger partial charge on any atom is -0.317 e. The fourth-order valence-corrected chi connectivity index (χ4v) is 2.30. The summed E-state index contributed by atoms with van der Waals surface area (Å²) < 4.78 is 36.6. The average molecular weight is 224 g/mol. The molecule has 5 heteroatoms.